The number of unbranched alkanes of at least 4 members (excludes halogenated alkanes) is 15. The Morgan fingerprint density at radius 2 is 1.22 bits per heavy atom. The van der Waals surface area contributed by atoms with Crippen LogP contribution in [0.1, 0.15) is 134 Å². The summed E-state index contributed by atoms with van der Waals surface area (Å²) in [5, 5.41) is 20.7. The first kappa shape index (κ1) is 33.6. The van der Waals surface area contributed by atoms with E-state index in [1.165, 1.54) is 108 Å². The number of nitrogens with zero attached hydrogens (tertiary/aromatic N) is 3. The Hall–Kier alpha value is -1.92. The average Bonchev–Trinajstić information content (AvgIpc) is 3.38. The van der Waals surface area contributed by atoms with Gasteiger partial charge in [0.25, 0.3) is 0 Å². The zero-order chi connectivity index (χ0) is 29.1. The Labute approximate surface area is 259 Å². The highest BCUT2D eigenvalue weighted by molar-refractivity contribution is 7.99. The molecule has 1 heterocycles. The molecule has 1 N–H and O–H groups in total. The maximum absolute atomic E-state index is 10.8. The molecule has 3 aromatic rings. The molecule has 0 spiro atoms. The van der Waals surface area contributed by atoms with Crippen LogP contribution >= 0.6 is 24.4 Å². The predicted octanol–water partition coefficient (Wildman–Crippen LogP) is 11.2. The molecule has 6 heteroatoms. The summed E-state index contributed by atoms with van der Waals surface area (Å²) in [6, 6.07) is 14.2. The topological polar surface area (TPSA) is 50.9 Å². The highest BCUT2D eigenvalue weighted by atomic mass is 32.2. The highest BCUT2D eigenvalue weighted by Crippen LogP contribution is 2.37. The van der Waals surface area contributed by atoms with Gasteiger partial charge in [-0.15, -0.1) is 22.8 Å². The molecule has 41 heavy (non-hydrogen) atoms. The maximum Gasteiger partial charge on any atom is 0.200 e. The van der Waals surface area contributed by atoms with E-state index in [2.05, 4.69) is 40.7 Å². The van der Waals surface area contributed by atoms with Gasteiger partial charge in [-0.1, -0.05) is 128 Å². The molecule has 0 fully saturated rings. The molecule has 0 aliphatic carbocycles. The van der Waals surface area contributed by atoms with Crippen LogP contribution in [-0.4, -0.2) is 19.9 Å². The van der Waals surface area contributed by atoms with Crippen LogP contribution in [0, 0.1) is 0 Å². The van der Waals surface area contributed by atoms with Gasteiger partial charge in [0.1, 0.15) is 11.6 Å². The predicted molar refractivity (Wildman–Crippen MR) is 178 cm³/mol. The van der Waals surface area contributed by atoms with E-state index >= 15 is 0 Å². The number of rotatable bonds is 22. The number of aryl methyl sites for hydroxylation is 2. The highest BCUT2D eigenvalue weighted by Gasteiger charge is 2.17. The van der Waals surface area contributed by atoms with Gasteiger partial charge in [-0.2, -0.15) is 0 Å². The molecule has 0 saturated carbocycles. The first-order chi connectivity index (χ1) is 20.1. The standard InChI is InChI=1S/C35H53N3OS2/c1-3-5-7-8-9-10-11-12-13-14-15-16-17-20-23-29-27-32(40)33(28-31(29)39)41-35-37-36-34(26-19-6-4-2)38(35)30-24-21-18-22-25-30/h18,21-22,24-25,27-28,39-40H,3-17,19-20,23,26H2,1-2H3. The minimum Gasteiger partial charge on any atom is -0.508 e. The van der Waals surface area contributed by atoms with Crippen molar-refractivity contribution in [3.63, 3.8) is 0 Å². The van der Waals surface area contributed by atoms with E-state index in [0.29, 0.717) is 5.75 Å². The lowest BCUT2D eigenvalue weighted by Gasteiger charge is -2.13. The monoisotopic (exact) mass is 595 g/mol. The summed E-state index contributed by atoms with van der Waals surface area (Å²) in [6.07, 6.45) is 24.2. The lowest BCUT2D eigenvalue weighted by molar-refractivity contribution is 0.463. The Bertz CT molecular complexity index is 1120. The molecular weight excluding hydrogens is 543 g/mol. The lowest BCUT2D eigenvalue weighted by atomic mass is 10.0. The van der Waals surface area contributed by atoms with E-state index in [4.69, 9.17) is 12.6 Å². The van der Waals surface area contributed by atoms with E-state index in [9.17, 15) is 5.11 Å². The Balaban J connectivity index is 1.43. The summed E-state index contributed by atoms with van der Waals surface area (Å²) < 4.78 is 2.15. The van der Waals surface area contributed by atoms with Gasteiger partial charge >= 0.3 is 0 Å². The van der Waals surface area contributed by atoms with Crippen LogP contribution in [0.25, 0.3) is 5.69 Å². The van der Waals surface area contributed by atoms with Crippen molar-refractivity contribution in [1.82, 2.24) is 14.8 Å². The van der Waals surface area contributed by atoms with Crippen molar-refractivity contribution in [2.45, 2.75) is 151 Å². The number of aromatic hydroxyl groups is 1. The molecule has 0 aliphatic rings. The van der Waals surface area contributed by atoms with Gasteiger partial charge in [0, 0.05) is 21.9 Å². The molecular formula is C35H53N3OS2. The third-order valence-electron chi connectivity index (χ3n) is 7.88. The summed E-state index contributed by atoms with van der Waals surface area (Å²) in [4.78, 5) is 1.78. The van der Waals surface area contributed by atoms with Crippen LogP contribution in [0.3, 0.4) is 0 Å². The van der Waals surface area contributed by atoms with Crippen LogP contribution in [0.2, 0.25) is 0 Å². The maximum atomic E-state index is 10.8. The van der Waals surface area contributed by atoms with Crippen LogP contribution in [-0.2, 0) is 12.8 Å². The van der Waals surface area contributed by atoms with Gasteiger partial charge in [-0.3, -0.25) is 4.57 Å². The quantitative estimate of drug-likeness (QED) is 0.0896. The Morgan fingerprint density at radius 3 is 1.83 bits per heavy atom. The van der Waals surface area contributed by atoms with Crippen molar-refractivity contribution in [1.29, 1.82) is 0 Å². The number of hydrogen-bond acceptors (Lipinski definition) is 5. The molecule has 0 bridgehead atoms. The van der Waals surface area contributed by atoms with E-state index in [0.717, 1.165) is 57.7 Å². The number of aromatic nitrogens is 3. The fourth-order valence-corrected chi connectivity index (χ4v) is 6.66. The number of phenols is 1. The second kappa shape index (κ2) is 20.1. The van der Waals surface area contributed by atoms with Gasteiger partial charge in [0.05, 0.1) is 0 Å². The molecule has 0 amide bonds. The minimum atomic E-state index is 0.355. The molecule has 2 aromatic carbocycles. The molecule has 0 atom stereocenters. The zero-order valence-electron chi connectivity index (χ0n) is 25.6. The zero-order valence-corrected chi connectivity index (χ0v) is 27.3. The summed E-state index contributed by atoms with van der Waals surface area (Å²) >= 11 is 6.32. The summed E-state index contributed by atoms with van der Waals surface area (Å²) in [6.45, 7) is 4.50. The normalized spacial score (nSPS) is 11.4. The molecule has 1 aromatic heterocycles. The third-order valence-corrected chi connectivity index (χ3v) is 9.41. The summed E-state index contributed by atoms with van der Waals surface area (Å²) in [7, 11) is 0. The summed E-state index contributed by atoms with van der Waals surface area (Å²) in [5.41, 5.74) is 2.05. The molecule has 0 unspecified atom stereocenters. The number of phenolic OH excluding ortho intramolecular Hbond substituents is 1. The van der Waals surface area contributed by atoms with Crippen molar-refractivity contribution < 1.29 is 5.11 Å². The van der Waals surface area contributed by atoms with Crippen LogP contribution in [0.15, 0.2) is 57.4 Å². The van der Waals surface area contributed by atoms with Gasteiger partial charge < -0.3 is 5.11 Å². The van der Waals surface area contributed by atoms with Crippen molar-refractivity contribution >= 4 is 24.4 Å². The Morgan fingerprint density at radius 1 is 0.683 bits per heavy atom. The van der Waals surface area contributed by atoms with E-state index < -0.39 is 0 Å². The smallest absolute Gasteiger partial charge is 0.200 e. The molecule has 226 valence electrons. The van der Waals surface area contributed by atoms with Crippen LogP contribution < -0.4 is 0 Å². The first-order valence-corrected chi connectivity index (χ1v) is 17.6. The van der Waals surface area contributed by atoms with E-state index in [1.807, 2.05) is 30.3 Å². The van der Waals surface area contributed by atoms with Crippen molar-refractivity contribution in [2.75, 3.05) is 0 Å². The first-order valence-electron chi connectivity index (χ1n) is 16.4. The second-order valence-electron chi connectivity index (χ2n) is 11.4. The van der Waals surface area contributed by atoms with Crippen LogP contribution in [0.5, 0.6) is 5.75 Å². The van der Waals surface area contributed by atoms with Gasteiger partial charge in [-0.25, -0.2) is 0 Å². The van der Waals surface area contributed by atoms with Gasteiger partial charge in [0.2, 0.25) is 5.16 Å². The SMILES string of the molecule is CCCCCCCCCCCCCCCCc1cc(S)c(Sc2nnc(CCCCC)n2-c2ccccc2)cc1O. The molecule has 0 aliphatic heterocycles. The Kier molecular flexibility index (Phi) is 16.4. The van der Waals surface area contributed by atoms with Crippen molar-refractivity contribution in [3.05, 3.63) is 53.9 Å². The second-order valence-corrected chi connectivity index (χ2v) is 12.9. The number of hydrogen-bond donors (Lipinski definition) is 2. The lowest BCUT2D eigenvalue weighted by Crippen LogP contribution is -2.03. The molecule has 3 rings (SSSR count). The number of para-hydroxylation sites is 1. The molecule has 0 radical (unpaired) electrons. The fourth-order valence-electron chi connectivity index (χ4n) is 5.39. The van der Waals surface area contributed by atoms with E-state index in [1.54, 1.807) is 0 Å². The van der Waals surface area contributed by atoms with Crippen LogP contribution in [0.4, 0.5) is 0 Å². The van der Waals surface area contributed by atoms with Crippen molar-refractivity contribution in [3.8, 4) is 11.4 Å². The van der Waals surface area contributed by atoms with E-state index in [-0.39, 0.29) is 0 Å². The van der Waals surface area contributed by atoms with Gasteiger partial charge in [0.15, 0.2) is 0 Å². The van der Waals surface area contributed by atoms with Crippen molar-refractivity contribution in [2.24, 2.45) is 0 Å². The van der Waals surface area contributed by atoms with Gasteiger partial charge in [-0.05, 0) is 60.9 Å². The number of benzene rings is 2. The average molecular weight is 596 g/mol. The summed E-state index contributed by atoms with van der Waals surface area (Å²) in [5.74, 6) is 1.33. The largest absolute Gasteiger partial charge is 0.508 e. The number of thiol groups is 1. The molecule has 4 nitrogen and oxygen atoms in total. The third kappa shape index (κ3) is 12.1. The molecule has 0 saturated heterocycles. The fraction of sp³-hybridized carbons (Fsp3) is 0.600. The minimum absolute atomic E-state index is 0.355.